The molecule has 15 heteroatoms. The Kier molecular flexibility index (Phi) is 4.69. The lowest BCUT2D eigenvalue weighted by Gasteiger charge is -2.16. The van der Waals surface area contributed by atoms with Crippen LogP contribution in [0.25, 0.3) is 11.4 Å². The summed E-state index contributed by atoms with van der Waals surface area (Å²) in [5, 5.41) is 21.5. The number of nitrogens with two attached hydrogens (primary N) is 1. The molecule has 0 fully saturated rings. The summed E-state index contributed by atoms with van der Waals surface area (Å²) >= 11 is 4.98. The second-order valence-electron chi connectivity index (χ2n) is 5.23. The van der Waals surface area contributed by atoms with Crippen molar-refractivity contribution in [1.82, 2.24) is 45.4 Å². The Morgan fingerprint density at radius 3 is 2.37 bits per heavy atom. The molecular weight excluding hydrogens is 389 g/mol. The van der Waals surface area contributed by atoms with E-state index in [9.17, 15) is 13.2 Å². The van der Waals surface area contributed by atoms with Crippen molar-refractivity contribution >= 4 is 17.2 Å². The Balaban J connectivity index is 2.16. The highest BCUT2D eigenvalue weighted by molar-refractivity contribution is 7.80. The fraction of sp³-hybridized carbons (Fsp3) is 0.333. The number of aryl methyl sites for hydroxylation is 2. The highest BCUT2D eigenvalue weighted by Crippen LogP contribution is 2.36. The van der Waals surface area contributed by atoms with Gasteiger partial charge in [-0.3, -0.25) is 0 Å². The predicted molar refractivity (Wildman–Crippen MR) is 86.0 cm³/mol. The van der Waals surface area contributed by atoms with Crippen LogP contribution < -0.4 is 10.5 Å². The van der Waals surface area contributed by atoms with Gasteiger partial charge in [0.25, 0.3) is 0 Å². The third kappa shape index (κ3) is 3.67. The lowest BCUT2D eigenvalue weighted by Crippen LogP contribution is -2.19. The van der Waals surface area contributed by atoms with Gasteiger partial charge in [-0.2, -0.15) is 13.2 Å². The predicted octanol–water partition coefficient (Wildman–Crippen LogP) is 0.0276. The van der Waals surface area contributed by atoms with Crippen molar-refractivity contribution in [2.24, 2.45) is 19.8 Å². The molecule has 0 aliphatic heterocycles. The third-order valence-corrected chi connectivity index (χ3v) is 3.63. The van der Waals surface area contributed by atoms with Crippen LogP contribution in [0.15, 0.2) is 6.07 Å². The molecule has 3 heterocycles. The molecule has 27 heavy (non-hydrogen) atoms. The van der Waals surface area contributed by atoms with Crippen molar-refractivity contribution < 1.29 is 17.9 Å². The van der Waals surface area contributed by atoms with E-state index < -0.39 is 17.8 Å². The van der Waals surface area contributed by atoms with Gasteiger partial charge in [0.15, 0.2) is 18.3 Å². The third-order valence-electron chi connectivity index (χ3n) is 3.43. The fourth-order valence-corrected chi connectivity index (χ4v) is 2.34. The van der Waals surface area contributed by atoms with E-state index >= 15 is 0 Å². The van der Waals surface area contributed by atoms with Gasteiger partial charge in [-0.15, -0.1) is 10.2 Å². The average molecular weight is 400 g/mol. The van der Waals surface area contributed by atoms with Gasteiger partial charge in [-0.1, -0.05) is 12.2 Å². The Bertz CT molecular complexity index is 998. The molecule has 2 N–H and O–H groups in total. The molecule has 0 bridgehead atoms. The lowest BCUT2D eigenvalue weighted by atomic mass is 10.1. The minimum absolute atomic E-state index is 0.0101. The van der Waals surface area contributed by atoms with Gasteiger partial charge >= 0.3 is 6.18 Å². The number of pyridine rings is 1. The molecule has 3 aromatic rings. The lowest BCUT2D eigenvalue weighted by molar-refractivity contribution is -0.141. The number of ether oxygens (including phenoxy) is 1. The van der Waals surface area contributed by atoms with Crippen molar-refractivity contribution in [1.29, 1.82) is 0 Å². The van der Waals surface area contributed by atoms with Gasteiger partial charge in [0.2, 0.25) is 5.88 Å². The summed E-state index contributed by atoms with van der Waals surface area (Å²) in [5.41, 5.74) is 4.40. The number of alkyl halides is 3. The summed E-state index contributed by atoms with van der Waals surface area (Å²) in [6.07, 6.45) is -4.75. The van der Waals surface area contributed by atoms with Crippen molar-refractivity contribution in [3.05, 3.63) is 23.1 Å². The van der Waals surface area contributed by atoms with Gasteiger partial charge in [0, 0.05) is 19.7 Å². The van der Waals surface area contributed by atoms with Gasteiger partial charge < -0.3 is 10.5 Å². The van der Waals surface area contributed by atoms with Crippen LogP contribution in [0.4, 0.5) is 13.2 Å². The molecule has 142 valence electrons. The monoisotopic (exact) mass is 400 g/mol. The highest BCUT2D eigenvalue weighted by atomic mass is 32.1. The van der Waals surface area contributed by atoms with E-state index in [1.54, 1.807) is 7.05 Å². The zero-order chi connectivity index (χ0) is 19.8. The average Bonchev–Trinajstić information content (AvgIpc) is 3.19. The minimum Gasteiger partial charge on any atom is -0.469 e. The summed E-state index contributed by atoms with van der Waals surface area (Å²) in [7, 11) is 3.00. The second-order valence-corrected chi connectivity index (χ2v) is 5.67. The molecular formula is C12H11F3N10OS. The van der Waals surface area contributed by atoms with Crippen LogP contribution >= 0.6 is 12.2 Å². The van der Waals surface area contributed by atoms with Crippen molar-refractivity contribution in [3.8, 4) is 17.3 Å². The largest absolute Gasteiger partial charge is 0.469 e. The Morgan fingerprint density at radius 2 is 1.85 bits per heavy atom. The summed E-state index contributed by atoms with van der Waals surface area (Å²) in [6.45, 7) is -0.260. The van der Waals surface area contributed by atoms with E-state index in [1.165, 1.54) is 16.4 Å². The van der Waals surface area contributed by atoms with E-state index in [0.717, 1.165) is 6.07 Å². The van der Waals surface area contributed by atoms with Crippen LogP contribution in [0.3, 0.4) is 0 Å². The number of aromatic nitrogens is 9. The quantitative estimate of drug-likeness (QED) is 0.584. The molecule has 0 aliphatic carbocycles. The van der Waals surface area contributed by atoms with Gasteiger partial charge in [0.1, 0.15) is 10.7 Å². The standard InChI is InChI=1S/C12H11F3N10OS/c1-24-7(18-20-22-24)4-26-11-8(9(16)27)5(10-19-21-23-25(10)2)3-6(17-11)12(13,14)15/h3H,4H2,1-2H3,(H2,16,27). The Morgan fingerprint density at radius 1 is 1.19 bits per heavy atom. The van der Waals surface area contributed by atoms with Crippen molar-refractivity contribution in [2.75, 3.05) is 0 Å². The molecule has 0 aromatic carbocycles. The first-order chi connectivity index (χ1) is 12.7. The molecule has 0 atom stereocenters. The molecule has 0 aliphatic rings. The van der Waals surface area contributed by atoms with E-state index in [-0.39, 0.29) is 34.4 Å². The number of thiocarbonyl (C=S) groups is 1. The van der Waals surface area contributed by atoms with Crippen LogP contribution in [0.5, 0.6) is 5.88 Å². The Labute approximate surface area is 154 Å². The smallest absolute Gasteiger partial charge is 0.433 e. The second kappa shape index (κ2) is 6.82. The molecule has 0 spiro atoms. The molecule has 0 saturated heterocycles. The maximum absolute atomic E-state index is 13.3. The summed E-state index contributed by atoms with van der Waals surface area (Å²) in [6, 6.07) is 0.761. The van der Waals surface area contributed by atoms with E-state index in [1.807, 2.05) is 0 Å². The topological polar surface area (TPSA) is 135 Å². The number of nitrogens with zero attached hydrogens (tertiary/aromatic N) is 9. The molecule has 3 rings (SSSR count). The van der Waals surface area contributed by atoms with Gasteiger partial charge in [0.05, 0.1) is 5.56 Å². The summed E-state index contributed by atoms with van der Waals surface area (Å²) in [5.74, 6) is -0.167. The van der Waals surface area contributed by atoms with Crippen LogP contribution in [0, 0.1) is 0 Å². The molecule has 0 radical (unpaired) electrons. The zero-order valence-corrected chi connectivity index (χ0v) is 14.7. The normalized spacial score (nSPS) is 11.6. The molecule has 11 nitrogen and oxygen atoms in total. The van der Waals surface area contributed by atoms with E-state index in [2.05, 4.69) is 36.0 Å². The van der Waals surface area contributed by atoms with Crippen LogP contribution in [0.2, 0.25) is 0 Å². The summed E-state index contributed by atoms with van der Waals surface area (Å²) in [4.78, 5) is 3.29. The van der Waals surface area contributed by atoms with Crippen molar-refractivity contribution in [3.63, 3.8) is 0 Å². The number of tetrazole rings is 2. The van der Waals surface area contributed by atoms with Crippen LogP contribution in [-0.4, -0.2) is 50.4 Å². The first-order valence-electron chi connectivity index (χ1n) is 7.17. The number of hydrogen-bond acceptors (Lipinski definition) is 9. The number of hydrogen-bond donors (Lipinski definition) is 1. The zero-order valence-electron chi connectivity index (χ0n) is 13.8. The molecule has 0 unspecified atom stereocenters. The van der Waals surface area contributed by atoms with Gasteiger partial charge in [-0.05, 0) is 26.9 Å². The van der Waals surface area contributed by atoms with Crippen LogP contribution in [-0.2, 0) is 26.9 Å². The molecule has 3 aromatic heterocycles. The fourth-order valence-electron chi connectivity index (χ4n) is 2.15. The van der Waals surface area contributed by atoms with Crippen molar-refractivity contribution in [2.45, 2.75) is 12.8 Å². The summed E-state index contributed by atoms with van der Waals surface area (Å²) < 4.78 is 47.9. The van der Waals surface area contributed by atoms with Gasteiger partial charge in [-0.25, -0.2) is 14.3 Å². The van der Waals surface area contributed by atoms with E-state index in [0.29, 0.717) is 0 Å². The number of halogens is 3. The maximum Gasteiger partial charge on any atom is 0.433 e. The maximum atomic E-state index is 13.3. The van der Waals surface area contributed by atoms with E-state index in [4.69, 9.17) is 22.7 Å². The SMILES string of the molecule is Cn1nnnc1COc1nc(C(F)(F)F)cc(-c2nnnn2C)c1C(N)=S. The number of rotatable bonds is 5. The van der Waals surface area contributed by atoms with Crippen LogP contribution in [0.1, 0.15) is 17.1 Å². The minimum atomic E-state index is -4.75. The molecule has 0 amide bonds. The molecule has 0 saturated carbocycles. The Hall–Kier alpha value is -3.23. The first-order valence-corrected chi connectivity index (χ1v) is 7.58. The highest BCUT2D eigenvalue weighted by Gasteiger charge is 2.36. The first kappa shape index (κ1) is 18.6.